The van der Waals surface area contributed by atoms with Crippen molar-refractivity contribution in [2.45, 2.75) is 51.9 Å². The van der Waals surface area contributed by atoms with Crippen LogP contribution >= 0.6 is 0 Å². The maximum absolute atomic E-state index is 13.5. The number of aromatic nitrogens is 4. The number of anilines is 1. The first-order valence-electron chi connectivity index (χ1n) is 13.5. The predicted octanol–water partition coefficient (Wildman–Crippen LogP) is 2.67. The van der Waals surface area contributed by atoms with Crippen molar-refractivity contribution in [3.05, 3.63) is 82.6 Å². The number of fused-ring (bicyclic) bond motifs is 2. The van der Waals surface area contributed by atoms with E-state index in [1.165, 1.54) is 16.8 Å². The van der Waals surface area contributed by atoms with Crippen molar-refractivity contribution >= 4 is 17.2 Å². The van der Waals surface area contributed by atoms with Gasteiger partial charge in [0.15, 0.2) is 0 Å². The summed E-state index contributed by atoms with van der Waals surface area (Å²) in [6.45, 7) is 5.15. The van der Waals surface area contributed by atoms with Crippen LogP contribution in [-0.2, 0) is 39.5 Å². The monoisotopic (exact) mass is 513 g/mol. The number of hydrogen-bond donors (Lipinski definition) is 2. The minimum atomic E-state index is -0.584. The average Bonchev–Trinajstić information content (AvgIpc) is 3.64. The van der Waals surface area contributed by atoms with E-state index in [-0.39, 0.29) is 11.8 Å². The number of nitrogens with zero attached hydrogens (tertiary/aromatic N) is 6. The zero-order chi connectivity index (χ0) is 26.4. The van der Waals surface area contributed by atoms with Crippen LogP contribution in [0.15, 0.2) is 48.9 Å². The summed E-state index contributed by atoms with van der Waals surface area (Å²) in [6.07, 6.45) is 7.59. The van der Waals surface area contributed by atoms with Crippen LogP contribution in [0.2, 0.25) is 0 Å². The van der Waals surface area contributed by atoms with Crippen molar-refractivity contribution in [2.24, 2.45) is 18.7 Å². The summed E-state index contributed by atoms with van der Waals surface area (Å²) < 4.78 is 3.92. The lowest BCUT2D eigenvalue weighted by Crippen LogP contribution is -2.47. The summed E-state index contributed by atoms with van der Waals surface area (Å²) >= 11 is 0. The highest BCUT2D eigenvalue weighted by Gasteiger charge is 2.32. The molecule has 9 nitrogen and oxygen atoms in total. The lowest BCUT2D eigenvalue weighted by molar-refractivity contribution is 0.0194. The van der Waals surface area contributed by atoms with Crippen molar-refractivity contribution in [1.29, 1.82) is 0 Å². The maximum atomic E-state index is 13.5. The molecule has 0 spiro atoms. The van der Waals surface area contributed by atoms with Crippen molar-refractivity contribution < 1.29 is 9.90 Å². The number of benzene rings is 1. The molecule has 1 amide bonds. The molecule has 0 saturated carbocycles. The Morgan fingerprint density at radius 1 is 1.16 bits per heavy atom. The normalized spacial score (nSPS) is 19.4. The van der Waals surface area contributed by atoms with Gasteiger partial charge in [0.1, 0.15) is 11.3 Å². The quantitative estimate of drug-likeness (QED) is 0.411. The smallest absolute Gasteiger partial charge is 0.274 e. The summed E-state index contributed by atoms with van der Waals surface area (Å²) in [5.41, 5.74) is 14.1. The molecule has 2 aliphatic rings. The number of piperidine rings is 1. The lowest BCUT2D eigenvalue weighted by Gasteiger charge is -2.36. The second kappa shape index (κ2) is 9.89. The van der Waals surface area contributed by atoms with Gasteiger partial charge in [-0.05, 0) is 47.9 Å². The van der Waals surface area contributed by atoms with Crippen LogP contribution < -0.4 is 10.6 Å². The van der Waals surface area contributed by atoms with E-state index in [2.05, 4.69) is 35.3 Å². The number of amides is 1. The minimum absolute atomic E-state index is 0.0989. The molecule has 5 heterocycles. The second-order valence-corrected chi connectivity index (χ2v) is 10.6. The first-order valence-corrected chi connectivity index (χ1v) is 13.5. The topological polar surface area (TPSA) is 105 Å². The van der Waals surface area contributed by atoms with Crippen molar-refractivity contribution in [3.63, 3.8) is 0 Å². The zero-order valence-electron chi connectivity index (χ0n) is 22.0. The van der Waals surface area contributed by atoms with E-state index in [0.717, 1.165) is 54.8 Å². The Labute approximate surface area is 222 Å². The van der Waals surface area contributed by atoms with Gasteiger partial charge in [0, 0.05) is 51.2 Å². The van der Waals surface area contributed by atoms with Gasteiger partial charge in [0.25, 0.3) is 5.91 Å². The molecule has 3 aromatic heterocycles. The van der Waals surface area contributed by atoms with Gasteiger partial charge in [0.05, 0.1) is 30.2 Å². The molecule has 2 unspecified atom stereocenters. The van der Waals surface area contributed by atoms with Gasteiger partial charge in [-0.15, -0.1) is 0 Å². The number of imidazole rings is 1. The van der Waals surface area contributed by atoms with E-state index in [4.69, 9.17) is 10.7 Å². The van der Waals surface area contributed by atoms with Crippen molar-refractivity contribution in [3.8, 4) is 0 Å². The van der Waals surface area contributed by atoms with Crippen LogP contribution in [0.4, 0.5) is 5.69 Å². The number of carbonyl (C=O) groups is 1. The van der Waals surface area contributed by atoms with Crippen LogP contribution in [0.5, 0.6) is 0 Å². The standard InChI is InChI=1S/C29H35N7O2/c1-3-19-11-24(35-14-23-13-31-33(2)26(23)17-35)15-36-16-25(32-28(19)36)29(38)34-9-8-21(27(37)18-34)10-20-6-4-5-7-22(20)12-30/h4-7,11,13,15-16,21,27,37H,3,8-10,12,14,17-18,30H2,1-2H3. The number of aliphatic hydroxyl groups is 1. The van der Waals surface area contributed by atoms with E-state index >= 15 is 0 Å². The molecule has 38 heavy (non-hydrogen) atoms. The number of pyridine rings is 1. The Balaban J connectivity index is 1.18. The minimum Gasteiger partial charge on any atom is -0.391 e. The molecule has 3 N–H and O–H groups in total. The number of likely N-dealkylation sites (tertiary alicyclic amines) is 1. The Kier molecular flexibility index (Phi) is 6.41. The van der Waals surface area contributed by atoms with Crippen LogP contribution in [0.1, 0.15) is 51.8 Å². The lowest BCUT2D eigenvalue weighted by atomic mass is 9.86. The van der Waals surface area contributed by atoms with E-state index in [1.807, 2.05) is 46.7 Å². The molecule has 9 heteroatoms. The van der Waals surface area contributed by atoms with E-state index in [9.17, 15) is 9.90 Å². The Hall–Kier alpha value is -3.69. The third-order valence-electron chi connectivity index (χ3n) is 8.26. The van der Waals surface area contributed by atoms with Crippen LogP contribution in [-0.4, -0.2) is 54.3 Å². The number of nitrogens with two attached hydrogens (primary N) is 1. The highest BCUT2D eigenvalue weighted by atomic mass is 16.3. The summed E-state index contributed by atoms with van der Waals surface area (Å²) in [5, 5.41) is 15.3. The zero-order valence-corrected chi connectivity index (χ0v) is 22.0. The highest BCUT2D eigenvalue weighted by Crippen LogP contribution is 2.30. The summed E-state index contributed by atoms with van der Waals surface area (Å²) in [6, 6.07) is 10.3. The fraction of sp³-hybridized carbons (Fsp3) is 0.414. The first kappa shape index (κ1) is 24.6. The third kappa shape index (κ3) is 4.35. The Morgan fingerprint density at radius 2 is 1.97 bits per heavy atom. The predicted molar refractivity (Wildman–Crippen MR) is 146 cm³/mol. The molecule has 1 aromatic carbocycles. The Bertz CT molecular complexity index is 1490. The first-order chi connectivity index (χ1) is 18.4. The molecule has 2 atom stereocenters. The van der Waals surface area contributed by atoms with Gasteiger partial charge in [-0.25, -0.2) is 4.98 Å². The van der Waals surface area contributed by atoms with E-state index in [1.54, 1.807) is 4.90 Å². The van der Waals surface area contributed by atoms with E-state index in [0.29, 0.717) is 25.3 Å². The molecule has 0 bridgehead atoms. The van der Waals surface area contributed by atoms with Crippen LogP contribution in [0, 0.1) is 5.92 Å². The van der Waals surface area contributed by atoms with Gasteiger partial charge in [-0.2, -0.15) is 5.10 Å². The molecule has 1 saturated heterocycles. The van der Waals surface area contributed by atoms with Gasteiger partial charge < -0.3 is 25.0 Å². The Morgan fingerprint density at radius 3 is 2.71 bits per heavy atom. The second-order valence-electron chi connectivity index (χ2n) is 10.6. The van der Waals surface area contributed by atoms with Gasteiger partial charge in [0.2, 0.25) is 0 Å². The molecule has 0 aliphatic carbocycles. The molecular formula is C29H35N7O2. The average molecular weight is 514 g/mol. The highest BCUT2D eigenvalue weighted by molar-refractivity contribution is 5.93. The molecule has 198 valence electrons. The van der Waals surface area contributed by atoms with Crippen LogP contribution in [0.25, 0.3) is 5.65 Å². The summed E-state index contributed by atoms with van der Waals surface area (Å²) in [5.74, 6) is -0.0290. The number of β-amino-alcohol motifs (C(OH)–C–C–N with tert-alkyl or cyclic N) is 1. The number of aryl methyl sites for hydroxylation is 2. The van der Waals surface area contributed by atoms with E-state index < -0.39 is 6.10 Å². The summed E-state index contributed by atoms with van der Waals surface area (Å²) in [7, 11) is 1.98. The number of aliphatic hydroxyl groups excluding tert-OH is 1. The van der Waals surface area contributed by atoms with Crippen molar-refractivity contribution in [2.75, 3.05) is 18.0 Å². The van der Waals surface area contributed by atoms with Gasteiger partial charge >= 0.3 is 0 Å². The number of hydrogen-bond acceptors (Lipinski definition) is 6. The van der Waals surface area contributed by atoms with Gasteiger partial charge in [-0.3, -0.25) is 9.48 Å². The molecule has 0 radical (unpaired) electrons. The molecular weight excluding hydrogens is 478 g/mol. The number of carbonyl (C=O) groups excluding carboxylic acids is 1. The molecule has 6 rings (SSSR count). The molecule has 1 fully saturated rings. The fourth-order valence-corrected chi connectivity index (χ4v) is 5.96. The third-order valence-corrected chi connectivity index (χ3v) is 8.26. The largest absolute Gasteiger partial charge is 0.391 e. The SMILES string of the molecule is CCc1cc(N2Cc3cnn(C)c3C2)cn2cc(C(=O)N3CCC(Cc4ccccc4CN)C(O)C3)nc12. The molecule has 2 aliphatic heterocycles. The van der Waals surface area contributed by atoms with Crippen molar-refractivity contribution in [1.82, 2.24) is 24.1 Å². The maximum Gasteiger partial charge on any atom is 0.274 e. The summed E-state index contributed by atoms with van der Waals surface area (Å²) in [4.78, 5) is 22.3. The fourth-order valence-electron chi connectivity index (χ4n) is 5.96. The van der Waals surface area contributed by atoms with Gasteiger partial charge in [-0.1, -0.05) is 31.2 Å². The number of rotatable bonds is 6. The van der Waals surface area contributed by atoms with Crippen LogP contribution in [0.3, 0.4) is 0 Å². The molecule has 4 aromatic rings.